The lowest BCUT2D eigenvalue weighted by Gasteiger charge is -2.49. The van der Waals surface area contributed by atoms with Crippen molar-refractivity contribution in [3.63, 3.8) is 0 Å². The molecule has 0 aliphatic carbocycles. The van der Waals surface area contributed by atoms with E-state index < -0.39 is 5.54 Å². The zero-order valence-electron chi connectivity index (χ0n) is 8.66. The van der Waals surface area contributed by atoms with Gasteiger partial charge in [-0.15, -0.1) is 0 Å². The molecule has 0 spiro atoms. The summed E-state index contributed by atoms with van der Waals surface area (Å²) < 4.78 is 5.05. The Bertz CT molecular complexity index is 236. The fourth-order valence-corrected chi connectivity index (χ4v) is 2.60. The van der Waals surface area contributed by atoms with Crippen LogP contribution in [-0.4, -0.2) is 42.6 Å². The minimum absolute atomic E-state index is 0.214. The Balaban J connectivity index is 2.11. The van der Waals surface area contributed by atoms with E-state index in [1.54, 1.807) is 0 Å². The van der Waals surface area contributed by atoms with Gasteiger partial charge in [-0.05, 0) is 38.8 Å². The predicted molar refractivity (Wildman–Crippen MR) is 52.7 cm³/mol. The van der Waals surface area contributed by atoms with E-state index in [0.717, 1.165) is 25.9 Å². The number of carbonyl (C=O) groups is 1. The standard InChI is InChI=1S/C10H18N2O2/c1-2-14-9(13)10(11)7-12-5-3-8(10)4-6-12/h8H,2-7,11H2,1H3. The normalized spacial score (nSPS) is 41.0. The Morgan fingerprint density at radius 3 is 2.64 bits per heavy atom. The van der Waals surface area contributed by atoms with Gasteiger partial charge in [0.05, 0.1) is 6.61 Å². The lowest BCUT2D eigenvalue weighted by atomic mass is 9.73. The van der Waals surface area contributed by atoms with Gasteiger partial charge in [0.25, 0.3) is 0 Å². The van der Waals surface area contributed by atoms with Gasteiger partial charge in [-0.1, -0.05) is 0 Å². The average molecular weight is 198 g/mol. The van der Waals surface area contributed by atoms with Crippen LogP contribution in [0.4, 0.5) is 0 Å². The lowest BCUT2D eigenvalue weighted by Crippen LogP contribution is -2.68. The van der Waals surface area contributed by atoms with Gasteiger partial charge < -0.3 is 15.4 Å². The van der Waals surface area contributed by atoms with Gasteiger partial charge in [-0.25, -0.2) is 4.79 Å². The molecule has 0 aromatic rings. The van der Waals surface area contributed by atoms with Crippen molar-refractivity contribution in [1.82, 2.24) is 4.90 Å². The van der Waals surface area contributed by atoms with E-state index in [2.05, 4.69) is 4.90 Å². The van der Waals surface area contributed by atoms with Crippen molar-refractivity contribution in [3.05, 3.63) is 0 Å². The smallest absolute Gasteiger partial charge is 0.327 e. The molecule has 3 aliphatic rings. The summed E-state index contributed by atoms with van der Waals surface area (Å²) in [4.78, 5) is 14.0. The van der Waals surface area contributed by atoms with Crippen LogP contribution in [0.3, 0.4) is 0 Å². The molecule has 3 aliphatic heterocycles. The summed E-state index contributed by atoms with van der Waals surface area (Å²) in [6, 6.07) is 0. The third-order valence-electron chi connectivity index (χ3n) is 3.46. The van der Waals surface area contributed by atoms with Crippen LogP contribution in [0.15, 0.2) is 0 Å². The minimum Gasteiger partial charge on any atom is -0.465 e. The Kier molecular flexibility index (Phi) is 2.49. The van der Waals surface area contributed by atoms with Crippen molar-refractivity contribution >= 4 is 5.97 Å². The van der Waals surface area contributed by atoms with Gasteiger partial charge in [-0.2, -0.15) is 0 Å². The Hall–Kier alpha value is -0.610. The monoisotopic (exact) mass is 198 g/mol. The lowest BCUT2D eigenvalue weighted by molar-refractivity contribution is -0.157. The van der Waals surface area contributed by atoms with Gasteiger partial charge in [-0.3, -0.25) is 0 Å². The summed E-state index contributed by atoms with van der Waals surface area (Å²) >= 11 is 0. The zero-order chi connectivity index (χ0) is 10.2. The Morgan fingerprint density at radius 1 is 1.57 bits per heavy atom. The van der Waals surface area contributed by atoms with Crippen LogP contribution < -0.4 is 5.73 Å². The second-order valence-electron chi connectivity index (χ2n) is 4.31. The number of fused-ring (bicyclic) bond motifs is 3. The van der Waals surface area contributed by atoms with Crippen LogP contribution in [0.5, 0.6) is 0 Å². The molecule has 3 fully saturated rings. The highest BCUT2D eigenvalue weighted by molar-refractivity contribution is 5.81. The topological polar surface area (TPSA) is 55.6 Å². The van der Waals surface area contributed by atoms with Crippen LogP contribution in [0.2, 0.25) is 0 Å². The van der Waals surface area contributed by atoms with Gasteiger partial charge in [0.15, 0.2) is 0 Å². The maximum atomic E-state index is 11.7. The van der Waals surface area contributed by atoms with Gasteiger partial charge >= 0.3 is 5.97 Å². The molecule has 0 aromatic carbocycles. The van der Waals surface area contributed by atoms with Crippen LogP contribution >= 0.6 is 0 Å². The molecule has 80 valence electrons. The second kappa shape index (κ2) is 3.51. The Morgan fingerprint density at radius 2 is 2.21 bits per heavy atom. The number of nitrogens with two attached hydrogens (primary N) is 1. The van der Waals surface area contributed by atoms with Crippen molar-refractivity contribution in [2.24, 2.45) is 11.7 Å². The minimum atomic E-state index is -0.730. The molecule has 2 N–H and O–H groups in total. The van der Waals surface area contributed by atoms with Crippen molar-refractivity contribution in [2.75, 3.05) is 26.2 Å². The fourth-order valence-electron chi connectivity index (χ4n) is 2.60. The Labute approximate surface area is 84.4 Å². The number of hydrogen-bond acceptors (Lipinski definition) is 4. The first kappa shape index (κ1) is 9.93. The molecule has 4 nitrogen and oxygen atoms in total. The molecule has 2 bridgehead atoms. The van der Waals surface area contributed by atoms with Gasteiger partial charge in [0.2, 0.25) is 0 Å². The molecular formula is C10H18N2O2. The van der Waals surface area contributed by atoms with Crippen molar-refractivity contribution < 1.29 is 9.53 Å². The summed E-state index contributed by atoms with van der Waals surface area (Å²) in [6.07, 6.45) is 2.07. The SMILES string of the molecule is CCOC(=O)C1(N)CN2CCC1CC2. The molecule has 4 heteroatoms. The maximum Gasteiger partial charge on any atom is 0.327 e. The summed E-state index contributed by atoms with van der Waals surface area (Å²) in [5.74, 6) is 0.112. The molecule has 1 unspecified atom stereocenters. The first-order valence-corrected chi connectivity index (χ1v) is 5.35. The third kappa shape index (κ3) is 1.42. The fraction of sp³-hybridized carbons (Fsp3) is 0.900. The molecule has 0 radical (unpaired) electrons. The molecule has 14 heavy (non-hydrogen) atoms. The van der Waals surface area contributed by atoms with E-state index in [1.165, 1.54) is 0 Å². The maximum absolute atomic E-state index is 11.7. The number of hydrogen-bond donors (Lipinski definition) is 1. The van der Waals surface area contributed by atoms with Crippen LogP contribution in [0.1, 0.15) is 19.8 Å². The zero-order valence-corrected chi connectivity index (χ0v) is 8.66. The van der Waals surface area contributed by atoms with Crippen molar-refractivity contribution in [2.45, 2.75) is 25.3 Å². The van der Waals surface area contributed by atoms with E-state index >= 15 is 0 Å². The van der Waals surface area contributed by atoms with Gasteiger partial charge in [0.1, 0.15) is 5.54 Å². The number of ether oxygens (including phenoxy) is 1. The number of nitrogens with zero attached hydrogens (tertiary/aromatic N) is 1. The van der Waals surface area contributed by atoms with Gasteiger partial charge in [0, 0.05) is 6.54 Å². The average Bonchev–Trinajstić information content (AvgIpc) is 2.19. The summed E-state index contributed by atoms with van der Waals surface area (Å²) in [5.41, 5.74) is 5.43. The van der Waals surface area contributed by atoms with E-state index in [9.17, 15) is 4.79 Å². The molecule has 3 rings (SSSR count). The molecule has 1 atom stereocenters. The number of rotatable bonds is 2. The van der Waals surface area contributed by atoms with E-state index in [4.69, 9.17) is 10.5 Å². The first-order chi connectivity index (χ1) is 6.66. The summed E-state index contributed by atoms with van der Waals surface area (Å²) in [6.45, 7) is 5.09. The van der Waals surface area contributed by atoms with E-state index in [0.29, 0.717) is 19.1 Å². The van der Waals surface area contributed by atoms with E-state index in [1.807, 2.05) is 6.92 Å². The van der Waals surface area contributed by atoms with Crippen LogP contribution in [0, 0.1) is 5.92 Å². The number of esters is 1. The van der Waals surface area contributed by atoms with Crippen LogP contribution in [0.25, 0.3) is 0 Å². The van der Waals surface area contributed by atoms with Crippen LogP contribution in [-0.2, 0) is 9.53 Å². The predicted octanol–water partition coefficient (Wildman–Crippen LogP) is -0.0274. The molecule has 0 aromatic heterocycles. The molecule has 0 amide bonds. The molecule has 3 heterocycles. The highest BCUT2D eigenvalue weighted by atomic mass is 16.5. The number of carbonyl (C=O) groups excluding carboxylic acids is 1. The molecule has 3 saturated heterocycles. The quantitative estimate of drug-likeness (QED) is 0.633. The second-order valence-corrected chi connectivity index (χ2v) is 4.31. The largest absolute Gasteiger partial charge is 0.465 e. The molecule has 0 saturated carbocycles. The van der Waals surface area contributed by atoms with Crippen molar-refractivity contribution in [3.8, 4) is 0 Å². The summed E-state index contributed by atoms with van der Waals surface area (Å²) in [5, 5.41) is 0. The summed E-state index contributed by atoms with van der Waals surface area (Å²) in [7, 11) is 0. The van der Waals surface area contributed by atoms with E-state index in [-0.39, 0.29) is 5.97 Å². The number of piperidine rings is 3. The highest BCUT2D eigenvalue weighted by Crippen LogP contribution is 2.34. The third-order valence-corrected chi connectivity index (χ3v) is 3.46. The highest BCUT2D eigenvalue weighted by Gasteiger charge is 2.50. The molecular weight excluding hydrogens is 180 g/mol. The first-order valence-electron chi connectivity index (χ1n) is 5.35. The van der Waals surface area contributed by atoms with Crippen molar-refractivity contribution in [1.29, 1.82) is 0 Å².